The predicted octanol–water partition coefficient (Wildman–Crippen LogP) is 2.46. The molecule has 0 aliphatic carbocycles. The van der Waals surface area contributed by atoms with Crippen LogP contribution in [-0.4, -0.2) is 26.8 Å². The van der Waals surface area contributed by atoms with Crippen LogP contribution < -0.4 is 14.8 Å². The Morgan fingerprint density at radius 3 is 2.69 bits per heavy atom. The summed E-state index contributed by atoms with van der Waals surface area (Å²) in [5.41, 5.74) is 0. The third-order valence-corrected chi connectivity index (χ3v) is 2.39. The van der Waals surface area contributed by atoms with Gasteiger partial charge < -0.3 is 14.8 Å². The number of nitrogens with one attached hydrogen (secondary N) is 1. The van der Waals surface area contributed by atoms with E-state index in [1.807, 2.05) is 31.3 Å². The van der Waals surface area contributed by atoms with Gasteiger partial charge in [0.25, 0.3) is 0 Å². The standard InChI is InChI=1S/C13H21NO2/c1-4-6-13(10-14-2)16-12-8-5-7-11(9-12)15-3/h5,7-9,13-14H,4,6,10H2,1-3H3. The van der Waals surface area contributed by atoms with Gasteiger partial charge in [-0.15, -0.1) is 0 Å². The van der Waals surface area contributed by atoms with Crippen LogP contribution in [0.4, 0.5) is 0 Å². The highest BCUT2D eigenvalue weighted by Crippen LogP contribution is 2.20. The van der Waals surface area contributed by atoms with E-state index in [4.69, 9.17) is 9.47 Å². The smallest absolute Gasteiger partial charge is 0.123 e. The van der Waals surface area contributed by atoms with Crippen LogP contribution in [0.1, 0.15) is 19.8 Å². The van der Waals surface area contributed by atoms with Crippen LogP contribution in [-0.2, 0) is 0 Å². The molecule has 1 unspecified atom stereocenters. The SMILES string of the molecule is CCCC(CNC)Oc1cccc(OC)c1. The van der Waals surface area contributed by atoms with Gasteiger partial charge in [0.15, 0.2) is 0 Å². The van der Waals surface area contributed by atoms with E-state index >= 15 is 0 Å². The van der Waals surface area contributed by atoms with Crippen molar-refractivity contribution in [3.8, 4) is 11.5 Å². The molecule has 90 valence electrons. The second-order valence-electron chi connectivity index (χ2n) is 3.77. The van der Waals surface area contributed by atoms with E-state index in [1.54, 1.807) is 7.11 Å². The van der Waals surface area contributed by atoms with E-state index in [0.29, 0.717) is 0 Å². The molecule has 3 nitrogen and oxygen atoms in total. The molecule has 0 radical (unpaired) electrons. The molecule has 0 saturated heterocycles. The summed E-state index contributed by atoms with van der Waals surface area (Å²) >= 11 is 0. The van der Waals surface area contributed by atoms with Gasteiger partial charge in [-0.3, -0.25) is 0 Å². The molecule has 0 bridgehead atoms. The van der Waals surface area contributed by atoms with Crippen molar-refractivity contribution in [2.75, 3.05) is 20.7 Å². The maximum atomic E-state index is 5.90. The molecule has 1 N–H and O–H groups in total. The maximum Gasteiger partial charge on any atom is 0.123 e. The highest BCUT2D eigenvalue weighted by atomic mass is 16.5. The third-order valence-electron chi connectivity index (χ3n) is 2.39. The average molecular weight is 223 g/mol. The lowest BCUT2D eigenvalue weighted by atomic mass is 10.2. The molecule has 3 heteroatoms. The number of rotatable bonds is 7. The number of benzene rings is 1. The lowest BCUT2D eigenvalue weighted by Gasteiger charge is -2.18. The van der Waals surface area contributed by atoms with E-state index in [9.17, 15) is 0 Å². The van der Waals surface area contributed by atoms with Gasteiger partial charge in [-0.25, -0.2) is 0 Å². The van der Waals surface area contributed by atoms with E-state index in [0.717, 1.165) is 30.9 Å². The summed E-state index contributed by atoms with van der Waals surface area (Å²) in [4.78, 5) is 0. The average Bonchev–Trinajstić information content (AvgIpc) is 2.30. The summed E-state index contributed by atoms with van der Waals surface area (Å²) in [7, 11) is 3.60. The fraction of sp³-hybridized carbons (Fsp3) is 0.538. The predicted molar refractivity (Wildman–Crippen MR) is 66.2 cm³/mol. The van der Waals surface area contributed by atoms with Gasteiger partial charge in [-0.2, -0.15) is 0 Å². The Kier molecular flexibility index (Phi) is 5.72. The minimum absolute atomic E-state index is 0.224. The van der Waals surface area contributed by atoms with Crippen molar-refractivity contribution in [3.05, 3.63) is 24.3 Å². The molecule has 1 rings (SSSR count). The van der Waals surface area contributed by atoms with Crippen LogP contribution in [0.25, 0.3) is 0 Å². The van der Waals surface area contributed by atoms with Gasteiger partial charge in [0.2, 0.25) is 0 Å². The molecule has 0 spiro atoms. The molecule has 1 aromatic rings. The van der Waals surface area contributed by atoms with Gasteiger partial charge >= 0.3 is 0 Å². The topological polar surface area (TPSA) is 30.5 Å². The van der Waals surface area contributed by atoms with E-state index < -0.39 is 0 Å². The van der Waals surface area contributed by atoms with Crippen LogP contribution in [0.5, 0.6) is 11.5 Å². The van der Waals surface area contributed by atoms with Crippen LogP contribution in [0.3, 0.4) is 0 Å². The van der Waals surface area contributed by atoms with Crippen molar-refractivity contribution in [3.63, 3.8) is 0 Å². The van der Waals surface area contributed by atoms with Gasteiger partial charge in [-0.05, 0) is 25.6 Å². The molecule has 16 heavy (non-hydrogen) atoms. The van der Waals surface area contributed by atoms with Crippen molar-refractivity contribution < 1.29 is 9.47 Å². The molecule has 1 aromatic carbocycles. The second-order valence-corrected chi connectivity index (χ2v) is 3.77. The highest BCUT2D eigenvalue weighted by Gasteiger charge is 2.08. The Balaban J connectivity index is 2.60. The van der Waals surface area contributed by atoms with Crippen molar-refractivity contribution in [1.82, 2.24) is 5.32 Å². The molecule has 0 aromatic heterocycles. The quantitative estimate of drug-likeness (QED) is 0.770. The van der Waals surface area contributed by atoms with Gasteiger partial charge in [0.05, 0.1) is 7.11 Å². The number of hydrogen-bond donors (Lipinski definition) is 1. The van der Waals surface area contributed by atoms with Crippen molar-refractivity contribution in [2.24, 2.45) is 0 Å². The third kappa shape index (κ3) is 4.11. The van der Waals surface area contributed by atoms with Crippen LogP contribution in [0.2, 0.25) is 0 Å². The second kappa shape index (κ2) is 7.12. The van der Waals surface area contributed by atoms with E-state index in [2.05, 4.69) is 12.2 Å². The first-order chi connectivity index (χ1) is 7.80. The van der Waals surface area contributed by atoms with Crippen molar-refractivity contribution >= 4 is 0 Å². The molecular formula is C13H21NO2. The first-order valence-corrected chi connectivity index (χ1v) is 5.75. The molecule has 1 atom stereocenters. The molecule has 0 amide bonds. The zero-order chi connectivity index (χ0) is 11.8. The molecule has 0 fully saturated rings. The Morgan fingerprint density at radius 2 is 2.06 bits per heavy atom. The monoisotopic (exact) mass is 223 g/mol. The lowest BCUT2D eigenvalue weighted by Crippen LogP contribution is -2.29. The summed E-state index contributed by atoms with van der Waals surface area (Å²) in [5, 5.41) is 3.15. The number of ether oxygens (including phenoxy) is 2. The van der Waals surface area contributed by atoms with Gasteiger partial charge in [0, 0.05) is 12.6 Å². The fourth-order valence-electron chi connectivity index (χ4n) is 1.62. The lowest BCUT2D eigenvalue weighted by molar-refractivity contribution is 0.189. The van der Waals surface area contributed by atoms with E-state index in [1.165, 1.54) is 0 Å². The summed E-state index contributed by atoms with van der Waals surface area (Å²) in [6.07, 6.45) is 2.40. The minimum atomic E-state index is 0.224. The zero-order valence-electron chi connectivity index (χ0n) is 10.3. The summed E-state index contributed by atoms with van der Waals surface area (Å²) in [6.45, 7) is 3.03. The van der Waals surface area contributed by atoms with E-state index in [-0.39, 0.29) is 6.10 Å². The summed E-state index contributed by atoms with van der Waals surface area (Å²) in [5.74, 6) is 1.70. The number of likely N-dealkylation sites (N-methyl/N-ethyl adjacent to an activating group) is 1. The Bertz CT molecular complexity index is 296. The Hall–Kier alpha value is -1.22. The maximum absolute atomic E-state index is 5.90. The zero-order valence-corrected chi connectivity index (χ0v) is 10.3. The fourth-order valence-corrected chi connectivity index (χ4v) is 1.62. The number of hydrogen-bond acceptors (Lipinski definition) is 3. The first-order valence-electron chi connectivity index (χ1n) is 5.75. The van der Waals surface area contributed by atoms with Gasteiger partial charge in [0.1, 0.15) is 17.6 Å². The van der Waals surface area contributed by atoms with Crippen molar-refractivity contribution in [1.29, 1.82) is 0 Å². The molecular weight excluding hydrogens is 202 g/mol. The van der Waals surface area contributed by atoms with Crippen LogP contribution >= 0.6 is 0 Å². The largest absolute Gasteiger partial charge is 0.497 e. The molecule has 0 aliphatic heterocycles. The van der Waals surface area contributed by atoms with Crippen molar-refractivity contribution in [2.45, 2.75) is 25.9 Å². The highest BCUT2D eigenvalue weighted by molar-refractivity contribution is 5.32. The van der Waals surface area contributed by atoms with Crippen LogP contribution in [0, 0.1) is 0 Å². The van der Waals surface area contributed by atoms with Crippen LogP contribution in [0.15, 0.2) is 24.3 Å². The summed E-state index contributed by atoms with van der Waals surface area (Å²) < 4.78 is 11.1. The molecule has 0 saturated carbocycles. The van der Waals surface area contributed by atoms with Gasteiger partial charge in [-0.1, -0.05) is 19.4 Å². The number of methoxy groups -OCH3 is 1. The first kappa shape index (κ1) is 12.8. The normalized spacial score (nSPS) is 12.2. The summed E-state index contributed by atoms with van der Waals surface area (Å²) in [6, 6.07) is 7.73. The molecule has 0 aliphatic rings. The Labute approximate surface area is 97.8 Å². The minimum Gasteiger partial charge on any atom is -0.497 e. The Morgan fingerprint density at radius 1 is 1.31 bits per heavy atom. The molecule has 0 heterocycles.